The van der Waals surface area contributed by atoms with Gasteiger partial charge in [0.15, 0.2) is 0 Å². The molecule has 0 bridgehead atoms. The predicted octanol–water partition coefficient (Wildman–Crippen LogP) is 4.12. The summed E-state index contributed by atoms with van der Waals surface area (Å²) in [6.07, 6.45) is 2.69. The highest BCUT2D eigenvalue weighted by Gasteiger charge is 2.09. The molecule has 2 N–H and O–H groups in total. The summed E-state index contributed by atoms with van der Waals surface area (Å²) in [6, 6.07) is 8.45. The van der Waals surface area contributed by atoms with Crippen molar-refractivity contribution in [1.29, 1.82) is 0 Å². The predicted molar refractivity (Wildman–Crippen MR) is 87.1 cm³/mol. The molecular formula is C18H24N2O. The van der Waals surface area contributed by atoms with Crippen LogP contribution in [0.1, 0.15) is 42.0 Å². The molecule has 2 aromatic rings. The summed E-state index contributed by atoms with van der Waals surface area (Å²) >= 11 is 0. The van der Waals surface area contributed by atoms with Crippen LogP contribution in [0.5, 0.6) is 11.6 Å². The van der Waals surface area contributed by atoms with E-state index in [0.29, 0.717) is 18.3 Å². The highest BCUT2D eigenvalue weighted by Crippen LogP contribution is 2.29. The number of benzene rings is 1. The molecular weight excluding hydrogens is 260 g/mol. The van der Waals surface area contributed by atoms with Crippen LogP contribution in [-0.2, 0) is 6.42 Å². The lowest BCUT2D eigenvalue weighted by Gasteiger charge is -2.13. The van der Waals surface area contributed by atoms with Crippen LogP contribution in [0.3, 0.4) is 0 Å². The van der Waals surface area contributed by atoms with Gasteiger partial charge in [-0.05, 0) is 61.6 Å². The molecule has 0 saturated carbocycles. The summed E-state index contributed by atoms with van der Waals surface area (Å²) in [5.74, 6) is 2.03. The number of pyridine rings is 1. The first-order valence-electron chi connectivity index (χ1n) is 7.45. The fourth-order valence-corrected chi connectivity index (χ4v) is 2.22. The van der Waals surface area contributed by atoms with Crippen molar-refractivity contribution >= 4 is 0 Å². The van der Waals surface area contributed by atoms with Gasteiger partial charge in [0.25, 0.3) is 0 Å². The number of rotatable bonds is 5. The van der Waals surface area contributed by atoms with Gasteiger partial charge in [-0.2, -0.15) is 0 Å². The molecule has 2 rings (SSSR count). The van der Waals surface area contributed by atoms with E-state index in [2.05, 4.69) is 50.0 Å². The van der Waals surface area contributed by atoms with Crippen LogP contribution in [-0.4, -0.2) is 11.5 Å². The first kappa shape index (κ1) is 15.5. The lowest BCUT2D eigenvalue weighted by molar-refractivity contribution is 0.454. The smallest absolute Gasteiger partial charge is 0.222 e. The Morgan fingerprint density at radius 1 is 1.14 bits per heavy atom. The molecule has 0 aliphatic carbocycles. The largest absolute Gasteiger partial charge is 0.438 e. The Balaban J connectivity index is 2.27. The maximum Gasteiger partial charge on any atom is 0.222 e. The molecule has 1 aromatic carbocycles. The zero-order chi connectivity index (χ0) is 15.4. The number of aryl methyl sites for hydroxylation is 2. The highest BCUT2D eigenvalue weighted by molar-refractivity contribution is 5.41. The van der Waals surface area contributed by atoms with Gasteiger partial charge in [0.1, 0.15) is 5.75 Å². The van der Waals surface area contributed by atoms with E-state index in [0.717, 1.165) is 28.9 Å². The molecule has 3 nitrogen and oxygen atoms in total. The van der Waals surface area contributed by atoms with Crippen LogP contribution < -0.4 is 10.5 Å². The van der Waals surface area contributed by atoms with Crippen LogP contribution in [0, 0.1) is 13.8 Å². The van der Waals surface area contributed by atoms with Crippen LogP contribution in [0.25, 0.3) is 0 Å². The minimum Gasteiger partial charge on any atom is -0.438 e. The molecule has 112 valence electrons. The highest BCUT2D eigenvalue weighted by atomic mass is 16.5. The van der Waals surface area contributed by atoms with Gasteiger partial charge in [0.05, 0.1) is 0 Å². The second kappa shape index (κ2) is 6.72. The van der Waals surface area contributed by atoms with Crippen molar-refractivity contribution in [1.82, 2.24) is 4.98 Å². The first-order valence-corrected chi connectivity index (χ1v) is 7.45. The Morgan fingerprint density at radius 2 is 1.90 bits per heavy atom. The minimum atomic E-state index is 0.480. The van der Waals surface area contributed by atoms with Crippen LogP contribution in [0.15, 0.2) is 30.5 Å². The maximum absolute atomic E-state index is 6.02. The zero-order valence-electron chi connectivity index (χ0n) is 13.3. The quantitative estimate of drug-likeness (QED) is 0.898. The molecule has 0 saturated heterocycles. The molecule has 3 heteroatoms. The average Bonchev–Trinajstić information content (AvgIpc) is 2.44. The van der Waals surface area contributed by atoms with E-state index in [4.69, 9.17) is 10.5 Å². The van der Waals surface area contributed by atoms with Crippen molar-refractivity contribution in [3.05, 3.63) is 52.7 Å². The van der Waals surface area contributed by atoms with Gasteiger partial charge in [-0.1, -0.05) is 26.0 Å². The van der Waals surface area contributed by atoms with Gasteiger partial charge in [0.2, 0.25) is 5.88 Å². The Bertz CT molecular complexity index is 621. The lowest BCUT2D eigenvalue weighted by Crippen LogP contribution is -2.04. The number of nitrogens with two attached hydrogens (primary N) is 1. The summed E-state index contributed by atoms with van der Waals surface area (Å²) in [5, 5.41) is 0. The van der Waals surface area contributed by atoms with Crippen molar-refractivity contribution in [3.8, 4) is 11.6 Å². The SMILES string of the molecule is Cc1ccc(C(C)C)cc1Oc1ncc(CCN)cc1C. The third kappa shape index (κ3) is 3.82. The second-order valence-corrected chi connectivity index (χ2v) is 5.79. The molecule has 1 aromatic heterocycles. The summed E-state index contributed by atoms with van der Waals surface area (Å²) in [7, 11) is 0. The van der Waals surface area contributed by atoms with E-state index >= 15 is 0 Å². The normalized spacial score (nSPS) is 11.0. The van der Waals surface area contributed by atoms with Gasteiger partial charge >= 0.3 is 0 Å². The zero-order valence-corrected chi connectivity index (χ0v) is 13.3. The average molecular weight is 284 g/mol. The standard InChI is InChI=1S/C18H24N2O/c1-12(2)16-6-5-13(3)17(10-16)21-18-14(4)9-15(7-8-19)11-20-18/h5-6,9-12H,7-8,19H2,1-4H3. The van der Waals surface area contributed by atoms with Crippen LogP contribution in [0.4, 0.5) is 0 Å². The van der Waals surface area contributed by atoms with E-state index < -0.39 is 0 Å². The van der Waals surface area contributed by atoms with Gasteiger partial charge in [0, 0.05) is 11.8 Å². The number of hydrogen-bond donors (Lipinski definition) is 1. The minimum absolute atomic E-state index is 0.480. The topological polar surface area (TPSA) is 48.1 Å². The molecule has 0 unspecified atom stereocenters. The van der Waals surface area contributed by atoms with Crippen LogP contribution >= 0.6 is 0 Å². The molecule has 21 heavy (non-hydrogen) atoms. The first-order chi connectivity index (χ1) is 10.0. The van der Waals surface area contributed by atoms with E-state index in [-0.39, 0.29) is 0 Å². The molecule has 0 radical (unpaired) electrons. The Kier molecular flexibility index (Phi) is 4.97. The van der Waals surface area contributed by atoms with Gasteiger partial charge in [-0.3, -0.25) is 0 Å². The van der Waals surface area contributed by atoms with Crippen molar-refractivity contribution in [2.45, 2.75) is 40.0 Å². The lowest BCUT2D eigenvalue weighted by atomic mass is 10.0. The molecule has 0 aliphatic rings. The van der Waals surface area contributed by atoms with Crippen molar-refractivity contribution in [3.63, 3.8) is 0 Å². The molecule has 0 amide bonds. The van der Waals surface area contributed by atoms with E-state index in [1.54, 1.807) is 0 Å². The third-order valence-corrected chi connectivity index (χ3v) is 3.61. The van der Waals surface area contributed by atoms with Gasteiger partial charge in [-0.15, -0.1) is 0 Å². The summed E-state index contributed by atoms with van der Waals surface area (Å²) in [6.45, 7) is 9.07. The van der Waals surface area contributed by atoms with E-state index in [1.165, 1.54) is 5.56 Å². The number of aromatic nitrogens is 1. The molecule has 1 heterocycles. The van der Waals surface area contributed by atoms with Crippen LogP contribution in [0.2, 0.25) is 0 Å². The number of ether oxygens (including phenoxy) is 1. The summed E-state index contributed by atoms with van der Waals surface area (Å²) in [5.41, 5.74) is 10.2. The van der Waals surface area contributed by atoms with E-state index in [1.807, 2.05) is 13.1 Å². The maximum atomic E-state index is 6.02. The second-order valence-electron chi connectivity index (χ2n) is 5.79. The van der Waals surface area contributed by atoms with Gasteiger partial charge < -0.3 is 10.5 Å². The Labute approximate surface area is 127 Å². The third-order valence-electron chi connectivity index (χ3n) is 3.61. The molecule has 0 spiro atoms. The van der Waals surface area contributed by atoms with E-state index in [9.17, 15) is 0 Å². The van der Waals surface area contributed by atoms with Gasteiger partial charge in [-0.25, -0.2) is 4.98 Å². The molecule has 0 aliphatic heterocycles. The monoisotopic (exact) mass is 284 g/mol. The molecule has 0 atom stereocenters. The number of hydrogen-bond acceptors (Lipinski definition) is 3. The molecule has 0 fully saturated rings. The fourth-order valence-electron chi connectivity index (χ4n) is 2.22. The summed E-state index contributed by atoms with van der Waals surface area (Å²) in [4.78, 5) is 4.43. The van der Waals surface area contributed by atoms with Crippen molar-refractivity contribution in [2.75, 3.05) is 6.54 Å². The Morgan fingerprint density at radius 3 is 2.52 bits per heavy atom. The van der Waals surface area contributed by atoms with Crippen molar-refractivity contribution < 1.29 is 4.74 Å². The Hall–Kier alpha value is -1.87. The van der Waals surface area contributed by atoms with Crippen molar-refractivity contribution in [2.24, 2.45) is 5.73 Å². The summed E-state index contributed by atoms with van der Waals surface area (Å²) < 4.78 is 6.02. The fraction of sp³-hybridized carbons (Fsp3) is 0.389. The number of nitrogens with zero attached hydrogens (tertiary/aromatic N) is 1.